The maximum Gasteiger partial charge on any atom is 0.239 e. The van der Waals surface area contributed by atoms with Crippen LogP contribution in [0.3, 0.4) is 0 Å². The molecule has 0 fully saturated rings. The standard InChI is InChI=1S/C22H28N2O3/c1-15-9-10-16(2)19(13-15)24-21(26)22(3,4)20(25)23-12-11-17-7-6-8-18(14-17)27-5/h6-10,13-14H,11-12H2,1-5H3,(H,23,25)(H,24,26). The molecule has 5 nitrogen and oxygen atoms in total. The zero-order chi connectivity index (χ0) is 20.0. The maximum absolute atomic E-state index is 12.7. The summed E-state index contributed by atoms with van der Waals surface area (Å²) in [5, 5.41) is 5.74. The summed E-state index contributed by atoms with van der Waals surface area (Å²) in [4.78, 5) is 25.2. The topological polar surface area (TPSA) is 67.4 Å². The molecule has 0 unspecified atom stereocenters. The Balaban J connectivity index is 1.95. The number of aryl methyl sites for hydroxylation is 2. The van der Waals surface area contributed by atoms with E-state index in [2.05, 4.69) is 10.6 Å². The minimum absolute atomic E-state index is 0.298. The summed E-state index contributed by atoms with van der Waals surface area (Å²) in [6, 6.07) is 13.6. The Bertz CT molecular complexity index is 828. The molecule has 0 aliphatic carbocycles. The molecule has 5 heteroatoms. The predicted molar refractivity (Wildman–Crippen MR) is 108 cm³/mol. The Kier molecular flexibility index (Phi) is 6.61. The van der Waals surface area contributed by atoms with Gasteiger partial charge in [0.2, 0.25) is 11.8 Å². The number of rotatable bonds is 7. The van der Waals surface area contributed by atoms with Crippen molar-refractivity contribution < 1.29 is 14.3 Å². The molecule has 0 radical (unpaired) electrons. The highest BCUT2D eigenvalue weighted by atomic mass is 16.5. The summed E-state index contributed by atoms with van der Waals surface area (Å²) in [7, 11) is 1.62. The Labute approximate surface area is 161 Å². The van der Waals surface area contributed by atoms with E-state index in [0.29, 0.717) is 13.0 Å². The van der Waals surface area contributed by atoms with Crippen LogP contribution in [0.25, 0.3) is 0 Å². The van der Waals surface area contributed by atoms with Gasteiger partial charge in [0.25, 0.3) is 0 Å². The normalized spacial score (nSPS) is 11.0. The maximum atomic E-state index is 12.7. The van der Waals surface area contributed by atoms with Crippen LogP contribution in [0.2, 0.25) is 0 Å². The van der Waals surface area contributed by atoms with Crippen LogP contribution in [0.5, 0.6) is 5.75 Å². The van der Waals surface area contributed by atoms with E-state index in [1.165, 1.54) is 0 Å². The molecule has 0 saturated carbocycles. The van der Waals surface area contributed by atoms with Crippen LogP contribution in [0.1, 0.15) is 30.5 Å². The van der Waals surface area contributed by atoms with Gasteiger partial charge < -0.3 is 15.4 Å². The van der Waals surface area contributed by atoms with Crippen LogP contribution < -0.4 is 15.4 Å². The van der Waals surface area contributed by atoms with Crippen LogP contribution >= 0.6 is 0 Å². The number of carbonyl (C=O) groups is 2. The zero-order valence-electron chi connectivity index (χ0n) is 16.7. The third-order valence-electron chi connectivity index (χ3n) is 4.61. The Hall–Kier alpha value is -2.82. The lowest BCUT2D eigenvalue weighted by Crippen LogP contribution is -2.45. The number of anilines is 1. The van der Waals surface area contributed by atoms with E-state index < -0.39 is 5.41 Å². The minimum atomic E-state index is -1.18. The van der Waals surface area contributed by atoms with Gasteiger partial charge in [-0.25, -0.2) is 0 Å². The number of ether oxygens (including phenoxy) is 1. The Morgan fingerprint density at radius 2 is 1.78 bits per heavy atom. The van der Waals surface area contributed by atoms with Crippen LogP contribution in [0.4, 0.5) is 5.69 Å². The van der Waals surface area contributed by atoms with Gasteiger partial charge in [0, 0.05) is 12.2 Å². The van der Waals surface area contributed by atoms with Gasteiger partial charge in [0.15, 0.2) is 0 Å². The molecule has 2 aromatic carbocycles. The fourth-order valence-electron chi connectivity index (χ4n) is 2.62. The van der Waals surface area contributed by atoms with E-state index >= 15 is 0 Å². The molecule has 2 amide bonds. The number of hydrogen-bond donors (Lipinski definition) is 2. The Morgan fingerprint density at radius 3 is 2.48 bits per heavy atom. The lowest BCUT2D eigenvalue weighted by atomic mass is 9.90. The first-order valence-electron chi connectivity index (χ1n) is 9.04. The molecule has 0 aliphatic rings. The lowest BCUT2D eigenvalue weighted by Gasteiger charge is -2.23. The average molecular weight is 368 g/mol. The van der Waals surface area contributed by atoms with E-state index in [9.17, 15) is 9.59 Å². The van der Waals surface area contributed by atoms with Gasteiger partial charge in [-0.05, 0) is 69.0 Å². The van der Waals surface area contributed by atoms with Gasteiger partial charge in [-0.1, -0.05) is 24.3 Å². The van der Waals surface area contributed by atoms with E-state index in [1.54, 1.807) is 21.0 Å². The van der Waals surface area contributed by atoms with Crippen molar-refractivity contribution in [2.75, 3.05) is 19.0 Å². The van der Waals surface area contributed by atoms with E-state index in [1.807, 2.05) is 56.3 Å². The molecule has 2 N–H and O–H groups in total. The molecule has 2 aromatic rings. The minimum Gasteiger partial charge on any atom is -0.497 e. The highest BCUT2D eigenvalue weighted by Crippen LogP contribution is 2.22. The third-order valence-corrected chi connectivity index (χ3v) is 4.61. The number of amides is 2. The number of benzene rings is 2. The van der Waals surface area contributed by atoms with Gasteiger partial charge in [0.05, 0.1) is 7.11 Å². The van der Waals surface area contributed by atoms with Crippen molar-refractivity contribution in [1.82, 2.24) is 5.32 Å². The number of hydrogen-bond acceptors (Lipinski definition) is 3. The summed E-state index contributed by atoms with van der Waals surface area (Å²) in [5.74, 6) is 0.162. The van der Waals surface area contributed by atoms with Crippen LogP contribution in [0.15, 0.2) is 42.5 Å². The SMILES string of the molecule is COc1cccc(CCNC(=O)C(C)(C)C(=O)Nc2cc(C)ccc2C)c1. The first-order chi connectivity index (χ1) is 12.7. The van der Waals surface area contributed by atoms with E-state index in [4.69, 9.17) is 4.74 Å². The molecule has 0 bridgehead atoms. The van der Waals surface area contributed by atoms with Crippen molar-refractivity contribution in [2.45, 2.75) is 34.1 Å². The molecule has 144 valence electrons. The predicted octanol–water partition coefficient (Wildman–Crippen LogP) is 3.64. The van der Waals surface area contributed by atoms with Gasteiger partial charge in [-0.15, -0.1) is 0 Å². The number of nitrogens with one attached hydrogen (secondary N) is 2. The highest BCUT2D eigenvalue weighted by molar-refractivity contribution is 6.10. The summed E-state index contributed by atoms with van der Waals surface area (Å²) in [6.45, 7) is 7.61. The van der Waals surface area contributed by atoms with Crippen LogP contribution in [-0.2, 0) is 16.0 Å². The molecule has 0 atom stereocenters. The van der Waals surface area contributed by atoms with E-state index in [-0.39, 0.29) is 11.8 Å². The summed E-state index contributed by atoms with van der Waals surface area (Å²) in [6.07, 6.45) is 0.664. The van der Waals surface area contributed by atoms with Gasteiger partial charge in [-0.3, -0.25) is 9.59 Å². The van der Waals surface area contributed by atoms with Crippen molar-refractivity contribution in [3.8, 4) is 5.75 Å². The second kappa shape index (κ2) is 8.71. The van der Waals surface area contributed by atoms with Gasteiger partial charge in [0.1, 0.15) is 11.2 Å². The summed E-state index contributed by atoms with van der Waals surface area (Å²) < 4.78 is 5.20. The molecule has 2 rings (SSSR count). The number of carbonyl (C=O) groups excluding carboxylic acids is 2. The Morgan fingerprint density at radius 1 is 1.04 bits per heavy atom. The van der Waals surface area contributed by atoms with Gasteiger partial charge in [-0.2, -0.15) is 0 Å². The fourth-order valence-corrected chi connectivity index (χ4v) is 2.62. The molecular weight excluding hydrogens is 340 g/mol. The van der Waals surface area contributed by atoms with Crippen molar-refractivity contribution in [3.05, 3.63) is 59.2 Å². The molecule has 0 spiro atoms. The quantitative estimate of drug-likeness (QED) is 0.733. The molecule has 27 heavy (non-hydrogen) atoms. The smallest absolute Gasteiger partial charge is 0.239 e. The number of methoxy groups -OCH3 is 1. The molecule has 0 heterocycles. The van der Waals surface area contributed by atoms with E-state index in [0.717, 1.165) is 28.1 Å². The van der Waals surface area contributed by atoms with Gasteiger partial charge >= 0.3 is 0 Å². The second-order valence-electron chi connectivity index (χ2n) is 7.25. The largest absolute Gasteiger partial charge is 0.497 e. The summed E-state index contributed by atoms with van der Waals surface area (Å²) >= 11 is 0. The molecule has 0 aromatic heterocycles. The zero-order valence-corrected chi connectivity index (χ0v) is 16.7. The van der Waals surface area contributed by atoms with Crippen molar-refractivity contribution in [2.24, 2.45) is 5.41 Å². The monoisotopic (exact) mass is 368 g/mol. The van der Waals surface area contributed by atoms with Crippen molar-refractivity contribution >= 4 is 17.5 Å². The molecule has 0 aliphatic heterocycles. The highest BCUT2D eigenvalue weighted by Gasteiger charge is 2.36. The lowest BCUT2D eigenvalue weighted by molar-refractivity contribution is -0.138. The first-order valence-corrected chi connectivity index (χ1v) is 9.04. The van der Waals surface area contributed by atoms with Crippen LogP contribution in [-0.4, -0.2) is 25.5 Å². The van der Waals surface area contributed by atoms with Crippen molar-refractivity contribution in [3.63, 3.8) is 0 Å². The van der Waals surface area contributed by atoms with Crippen LogP contribution in [0, 0.1) is 19.3 Å². The average Bonchev–Trinajstić information content (AvgIpc) is 2.64. The van der Waals surface area contributed by atoms with Crippen molar-refractivity contribution in [1.29, 1.82) is 0 Å². The molecule has 0 saturated heterocycles. The summed E-state index contributed by atoms with van der Waals surface area (Å²) in [5.41, 5.74) is 2.63. The first kappa shape index (κ1) is 20.5. The second-order valence-corrected chi connectivity index (χ2v) is 7.25. The third kappa shape index (κ3) is 5.33. The fraction of sp³-hybridized carbons (Fsp3) is 0.364. The molecular formula is C22H28N2O3.